The van der Waals surface area contributed by atoms with E-state index >= 15 is 0 Å². The first-order valence-electron chi connectivity index (χ1n) is 6.30. The summed E-state index contributed by atoms with van der Waals surface area (Å²) in [5, 5.41) is 13.3. The summed E-state index contributed by atoms with van der Waals surface area (Å²) in [6, 6.07) is 5.33. The van der Waals surface area contributed by atoms with Crippen LogP contribution in [0.15, 0.2) is 29.6 Å². The van der Waals surface area contributed by atoms with Gasteiger partial charge in [-0.1, -0.05) is 18.2 Å². The van der Waals surface area contributed by atoms with Crippen molar-refractivity contribution >= 4 is 33.3 Å². The molecule has 1 heterocycles. The molecule has 4 nitrogen and oxygen atoms in total. The van der Waals surface area contributed by atoms with E-state index in [2.05, 4.69) is 0 Å². The summed E-state index contributed by atoms with van der Waals surface area (Å²) in [5.41, 5.74) is 0.661. The van der Waals surface area contributed by atoms with Crippen molar-refractivity contribution in [2.24, 2.45) is 0 Å². The van der Waals surface area contributed by atoms with Crippen LogP contribution < -0.4 is 5.32 Å². The summed E-state index contributed by atoms with van der Waals surface area (Å²) >= 11 is 1.41. The van der Waals surface area contributed by atoms with E-state index < -0.39 is 30.5 Å². The van der Waals surface area contributed by atoms with Crippen molar-refractivity contribution in [1.82, 2.24) is 5.32 Å². The van der Waals surface area contributed by atoms with Crippen LogP contribution >= 0.6 is 11.3 Å². The highest BCUT2D eigenvalue weighted by Crippen LogP contribution is 2.26. The van der Waals surface area contributed by atoms with Gasteiger partial charge in [0.1, 0.15) is 6.04 Å². The van der Waals surface area contributed by atoms with Crippen LogP contribution in [0, 0.1) is 0 Å². The minimum Gasteiger partial charge on any atom is -0.480 e. The maximum Gasteiger partial charge on any atom is 0.391 e. The Morgan fingerprint density at radius 1 is 1.27 bits per heavy atom. The predicted molar refractivity (Wildman–Crippen MR) is 75.8 cm³/mol. The molecule has 1 unspecified atom stereocenters. The highest BCUT2D eigenvalue weighted by molar-refractivity contribution is 7.17. The van der Waals surface area contributed by atoms with E-state index in [0.717, 1.165) is 10.1 Å². The second-order valence-electron chi connectivity index (χ2n) is 4.71. The lowest BCUT2D eigenvalue weighted by atomic mass is 10.1. The normalized spacial score (nSPS) is 13.0. The minimum atomic E-state index is -4.66. The Balaban J connectivity index is 2.06. The van der Waals surface area contributed by atoms with Gasteiger partial charge in [-0.15, -0.1) is 11.3 Å². The van der Waals surface area contributed by atoms with Crippen LogP contribution in [0.1, 0.15) is 12.0 Å². The first-order valence-corrected chi connectivity index (χ1v) is 7.18. The Kier molecular flexibility index (Phi) is 4.70. The Morgan fingerprint density at radius 3 is 2.59 bits per heavy atom. The minimum absolute atomic E-state index is 0.161. The summed E-state index contributed by atoms with van der Waals surface area (Å²) < 4.78 is 37.8. The fourth-order valence-corrected chi connectivity index (χ4v) is 2.98. The molecule has 8 heteroatoms. The van der Waals surface area contributed by atoms with E-state index in [1.807, 2.05) is 17.4 Å². The van der Waals surface area contributed by atoms with Gasteiger partial charge in [-0.3, -0.25) is 4.79 Å². The number of hydrogen-bond acceptors (Lipinski definition) is 3. The van der Waals surface area contributed by atoms with Crippen LogP contribution in [0.5, 0.6) is 0 Å². The van der Waals surface area contributed by atoms with E-state index in [1.54, 1.807) is 17.5 Å². The lowest BCUT2D eigenvalue weighted by Crippen LogP contribution is -2.44. The van der Waals surface area contributed by atoms with Crippen molar-refractivity contribution in [3.8, 4) is 0 Å². The van der Waals surface area contributed by atoms with Gasteiger partial charge in [0.25, 0.3) is 0 Å². The second kappa shape index (κ2) is 6.35. The number of halogens is 3. The van der Waals surface area contributed by atoms with Crippen LogP contribution in [0.25, 0.3) is 10.1 Å². The van der Waals surface area contributed by atoms with Crippen molar-refractivity contribution in [1.29, 1.82) is 0 Å². The van der Waals surface area contributed by atoms with Crippen LogP contribution in [-0.2, 0) is 16.0 Å². The molecule has 0 spiro atoms. The van der Waals surface area contributed by atoms with Crippen LogP contribution in [0.3, 0.4) is 0 Å². The number of aliphatic carboxylic acids is 1. The van der Waals surface area contributed by atoms with E-state index in [4.69, 9.17) is 5.11 Å². The molecule has 2 rings (SSSR count). The number of alkyl halides is 3. The first-order chi connectivity index (χ1) is 10.3. The van der Waals surface area contributed by atoms with Gasteiger partial charge in [0.15, 0.2) is 0 Å². The fraction of sp³-hybridized carbons (Fsp3) is 0.286. The quantitative estimate of drug-likeness (QED) is 0.885. The number of hydrogen-bond donors (Lipinski definition) is 2. The lowest BCUT2D eigenvalue weighted by molar-refractivity contribution is -0.159. The Bertz CT molecular complexity index is 696. The largest absolute Gasteiger partial charge is 0.480 e. The number of carboxylic acids is 1. The molecule has 0 radical (unpaired) electrons. The number of thiophene rings is 1. The number of benzene rings is 1. The smallest absolute Gasteiger partial charge is 0.391 e. The van der Waals surface area contributed by atoms with Gasteiger partial charge in [0.05, 0.1) is 12.8 Å². The molecule has 1 atom stereocenters. The van der Waals surface area contributed by atoms with Crippen molar-refractivity contribution in [2.75, 3.05) is 0 Å². The highest BCUT2D eigenvalue weighted by Gasteiger charge is 2.36. The third-order valence-corrected chi connectivity index (χ3v) is 3.99. The van der Waals surface area contributed by atoms with Crippen molar-refractivity contribution < 1.29 is 27.9 Å². The van der Waals surface area contributed by atoms with E-state index in [9.17, 15) is 22.8 Å². The predicted octanol–water partition coefficient (Wildman–Crippen LogP) is 2.97. The Labute approximate surface area is 127 Å². The molecule has 0 aliphatic carbocycles. The number of rotatable bonds is 5. The lowest BCUT2D eigenvalue weighted by Gasteiger charge is -2.16. The van der Waals surface area contributed by atoms with Gasteiger partial charge < -0.3 is 10.4 Å². The van der Waals surface area contributed by atoms with Crippen molar-refractivity contribution in [3.63, 3.8) is 0 Å². The second-order valence-corrected chi connectivity index (χ2v) is 5.62. The molecule has 1 aromatic carbocycles. The van der Waals surface area contributed by atoms with Gasteiger partial charge >= 0.3 is 12.1 Å². The summed E-state index contributed by atoms with van der Waals surface area (Å²) in [4.78, 5) is 22.6. The number of carbonyl (C=O) groups excluding carboxylic acids is 1. The first kappa shape index (κ1) is 16.3. The zero-order valence-electron chi connectivity index (χ0n) is 11.2. The molecule has 0 saturated heterocycles. The van der Waals surface area contributed by atoms with Crippen molar-refractivity contribution in [2.45, 2.75) is 25.1 Å². The maximum absolute atomic E-state index is 12.3. The molecule has 0 saturated carbocycles. The van der Waals surface area contributed by atoms with E-state index in [1.165, 1.54) is 11.3 Å². The van der Waals surface area contributed by atoms with Gasteiger partial charge in [-0.2, -0.15) is 13.2 Å². The molecule has 0 aliphatic heterocycles. The molecule has 22 heavy (non-hydrogen) atoms. The van der Waals surface area contributed by atoms with Gasteiger partial charge in [-0.25, -0.2) is 4.79 Å². The third kappa shape index (κ3) is 4.20. The molecule has 2 N–H and O–H groups in total. The number of amides is 1. The molecular weight excluding hydrogens is 319 g/mol. The van der Waals surface area contributed by atoms with Gasteiger partial charge in [-0.05, 0) is 22.4 Å². The molecule has 0 bridgehead atoms. The molecule has 1 aromatic heterocycles. The van der Waals surface area contributed by atoms with Gasteiger partial charge in [0, 0.05) is 4.70 Å². The molecule has 1 amide bonds. The maximum atomic E-state index is 12.3. The average molecular weight is 331 g/mol. The number of fused-ring (bicyclic) bond motifs is 1. The number of carbonyl (C=O) groups is 2. The molecule has 0 fully saturated rings. The summed E-state index contributed by atoms with van der Waals surface area (Å²) in [5.74, 6) is -2.46. The highest BCUT2D eigenvalue weighted by atomic mass is 32.1. The Morgan fingerprint density at radius 2 is 1.95 bits per heavy atom. The SMILES string of the molecule is O=C(Cc1csc2ccccc12)NC(CC(F)(F)F)C(=O)O. The number of nitrogens with one attached hydrogen (secondary N) is 1. The van der Waals surface area contributed by atoms with E-state index in [-0.39, 0.29) is 6.42 Å². The number of carboxylic acid groups (broad SMARTS) is 1. The van der Waals surface area contributed by atoms with Crippen LogP contribution in [-0.4, -0.2) is 29.2 Å². The van der Waals surface area contributed by atoms with E-state index in [0.29, 0.717) is 5.56 Å². The summed E-state index contributed by atoms with van der Waals surface area (Å²) in [6.07, 6.45) is -6.42. The molecule has 0 aliphatic rings. The zero-order valence-corrected chi connectivity index (χ0v) is 12.0. The summed E-state index contributed by atoms with van der Waals surface area (Å²) in [6.45, 7) is 0. The average Bonchev–Trinajstić information content (AvgIpc) is 2.80. The van der Waals surface area contributed by atoms with Crippen LogP contribution in [0.2, 0.25) is 0 Å². The zero-order chi connectivity index (χ0) is 16.3. The topological polar surface area (TPSA) is 66.4 Å². The molecular formula is C14H12F3NO3S. The monoisotopic (exact) mass is 331 g/mol. The molecule has 2 aromatic rings. The van der Waals surface area contributed by atoms with Crippen LogP contribution in [0.4, 0.5) is 13.2 Å². The van der Waals surface area contributed by atoms with Gasteiger partial charge in [0.2, 0.25) is 5.91 Å². The van der Waals surface area contributed by atoms with Crippen molar-refractivity contribution in [3.05, 3.63) is 35.2 Å². The fourth-order valence-electron chi connectivity index (χ4n) is 2.02. The molecule has 118 valence electrons. The third-order valence-electron chi connectivity index (χ3n) is 2.98. The Hall–Kier alpha value is -2.09. The standard InChI is InChI=1S/C14H12F3NO3S/c15-14(16,17)6-10(13(20)21)18-12(19)5-8-7-22-11-4-2-1-3-9(8)11/h1-4,7,10H,5-6H2,(H,18,19)(H,20,21). The summed E-state index contributed by atoms with van der Waals surface area (Å²) in [7, 11) is 0.